The molecule has 39 heavy (non-hydrogen) atoms. The van der Waals surface area contributed by atoms with Gasteiger partial charge in [-0.1, -0.05) is 6.07 Å². The molecule has 0 saturated carbocycles. The Morgan fingerprint density at radius 1 is 1.13 bits per heavy atom. The number of amides is 1. The minimum absolute atomic E-state index is 0.00736. The summed E-state index contributed by atoms with van der Waals surface area (Å²) in [7, 11) is 6.01. The molecule has 2 bridgehead atoms. The van der Waals surface area contributed by atoms with Crippen LogP contribution in [0.4, 0.5) is 5.69 Å². The van der Waals surface area contributed by atoms with Crippen LogP contribution in [0.5, 0.6) is 11.5 Å². The monoisotopic (exact) mass is 542 g/mol. The Kier molecular flexibility index (Phi) is 5.08. The van der Waals surface area contributed by atoms with Crippen molar-refractivity contribution in [2.75, 3.05) is 39.8 Å². The van der Waals surface area contributed by atoms with Crippen LogP contribution in [-0.2, 0) is 38.8 Å². The van der Waals surface area contributed by atoms with Crippen LogP contribution in [-0.4, -0.2) is 86.4 Å². The number of hydrogen-bond acceptors (Lipinski definition) is 10. The number of ketones is 1. The number of likely N-dealkylation sites (N-methyl/N-ethyl adjacent to an activating group) is 1. The highest BCUT2D eigenvalue weighted by molar-refractivity contribution is 6.18. The number of fused-ring (bicyclic) bond motifs is 3. The van der Waals surface area contributed by atoms with Crippen molar-refractivity contribution < 1.29 is 42.9 Å². The van der Waals surface area contributed by atoms with Gasteiger partial charge in [-0.25, -0.2) is 4.79 Å². The molecule has 5 heterocycles. The average Bonchev–Trinajstić information content (AvgIpc) is 3.47. The van der Waals surface area contributed by atoms with Crippen molar-refractivity contribution in [1.29, 1.82) is 0 Å². The molecule has 0 aromatic heterocycles. The van der Waals surface area contributed by atoms with Crippen LogP contribution in [0, 0.1) is 5.41 Å². The molecule has 0 radical (unpaired) electrons. The Balaban J connectivity index is 1.68. The summed E-state index contributed by atoms with van der Waals surface area (Å²) in [5.41, 5.74) is -5.83. The quantitative estimate of drug-likeness (QED) is 0.402. The van der Waals surface area contributed by atoms with Crippen molar-refractivity contribution in [2.24, 2.45) is 5.41 Å². The van der Waals surface area contributed by atoms with Gasteiger partial charge in [0.05, 0.1) is 50.3 Å². The van der Waals surface area contributed by atoms with Gasteiger partial charge in [-0.15, -0.1) is 0 Å². The first-order valence-corrected chi connectivity index (χ1v) is 13.2. The van der Waals surface area contributed by atoms with Crippen LogP contribution < -0.4 is 14.4 Å². The highest BCUT2D eigenvalue weighted by Crippen LogP contribution is 2.79. The Bertz CT molecular complexity index is 1340. The summed E-state index contributed by atoms with van der Waals surface area (Å²) in [6, 6.07) is 2.69. The first kappa shape index (κ1) is 25.9. The molecule has 2 spiro atoms. The maximum Gasteiger partial charge on any atom is 0.348 e. The lowest BCUT2D eigenvalue weighted by Crippen LogP contribution is -2.75. The van der Waals surface area contributed by atoms with E-state index < -0.39 is 51.5 Å². The predicted octanol–water partition coefficient (Wildman–Crippen LogP) is 1.73. The number of esters is 2. The number of carbonyl (C=O) groups is 4. The topological polar surface area (TPSA) is 121 Å². The molecule has 5 aliphatic heterocycles. The largest absolute Gasteiger partial charge is 0.493 e. The lowest BCUT2D eigenvalue weighted by molar-refractivity contribution is -0.214. The number of hydrogen-bond donors (Lipinski definition) is 0. The number of anilines is 1. The van der Waals surface area contributed by atoms with E-state index in [1.807, 2.05) is 6.07 Å². The van der Waals surface area contributed by atoms with E-state index in [2.05, 4.69) is 0 Å². The molecule has 0 aliphatic carbocycles. The fourth-order valence-electron chi connectivity index (χ4n) is 8.59. The number of ether oxygens (including phenoxy) is 5. The zero-order valence-corrected chi connectivity index (χ0v) is 23.3. The second-order valence-electron chi connectivity index (χ2n) is 12.2. The Hall–Kier alpha value is -3.34. The van der Waals surface area contributed by atoms with Gasteiger partial charge in [0.15, 0.2) is 23.0 Å². The van der Waals surface area contributed by atoms with Gasteiger partial charge in [0, 0.05) is 20.0 Å². The SMILES string of the molecule is COC(=O)[C@]12O[C@@]34N(CCC[C@]3(CC(=O)OC(C)(C)C)C1=O)C(=O)C[C@]41c3ccc(OC)c(OC)c3N(C)[C@H]21. The molecule has 5 atom stereocenters. The molecule has 1 aromatic carbocycles. The van der Waals surface area contributed by atoms with Gasteiger partial charge >= 0.3 is 11.9 Å². The van der Waals surface area contributed by atoms with Gasteiger partial charge in [0.25, 0.3) is 0 Å². The fraction of sp³-hybridized carbons (Fsp3) is 0.643. The van der Waals surface area contributed by atoms with Crippen molar-refractivity contribution in [3.05, 3.63) is 17.7 Å². The molecule has 1 aromatic rings. The number of rotatable bonds is 5. The lowest BCUT2D eigenvalue weighted by atomic mass is 9.48. The molecule has 6 rings (SSSR count). The number of piperidine rings is 1. The Morgan fingerprint density at radius 2 is 1.85 bits per heavy atom. The van der Waals surface area contributed by atoms with Gasteiger partial charge in [-0.05, 0) is 45.2 Å². The number of Topliss-reactive ketones (excluding diaryl/α,β-unsaturated/α-hetero) is 1. The minimum Gasteiger partial charge on any atom is -0.493 e. The van der Waals surface area contributed by atoms with Crippen LogP contribution in [0.3, 0.4) is 0 Å². The first-order chi connectivity index (χ1) is 18.3. The molecule has 210 valence electrons. The van der Waals surface area contributed by atoms with Crippen LogP contribution >= 0.6 is 0 Å². The third kappa shape index (κ3) is 2.58. The maximum absolute atomic E-state index is 14.8. The zero-order chi connectivity index (χ0) is 28.3. The van der Waals surface area contributed by atoms with Gasteiger partial charge in [0.2, 0.25) is 11.5 Å². The number of carbonyl (C=O) groups excluding carboxylic acids is 4. The van der Waals surface area contributed by atoms with Gasteiger partial charge in [-0.3, -0.25) is 14.4 Å². The Morgan fingerprint density at radius 3 is 2.46 bits per heavy atom. The highest BCUT2D eigenvalue weighted by atomic mass is 16.6. The third-order valence-corrected chi connectivity index (χ3v) is 9.38. The molecule has 11 heteroatoms. The first-order valence-electron chi connectivity index (χ1n) is 13.2. The Labute approximate surface area is 226 Å². The number of benzene rings is 1. The third-order valence-electron chi connectivity index (χ3n) is 9.38. The predicted molar refractivity (Wildman–Crippen MR) is 135 cm³/mol. The summed E-state index contributed by atoms with van der Waals surface area (Å²) >= 11 is 0. The van der Waals surface area contributed by atoms with E-state index in [0.29, 0.717) is 35.7 Å². The molecular weight excluding hydrogens is 508 g/mol. The van der Waals surface area contributed by atoms with Crippen LogP contribution in [0.15, 0.2) is 12.1 Å². The van der Waals surface area contributed by atoms with E-state index >= 15 is 0 Å². The highest BCUT2D eigenvalue weighted by Gasteiger charge is 2.96. The normalized spacial score (nSPS) is 35.5. The van der Waals surface area contributed by atoms with Gasteiger partial charge < -0.3 is 33.5 Å². The fourth-order valence-corrected chi connectivity index (χ4v) is 8.59. The standard InChI is InChI=1S/C28H34N2O9/c1-24(2,3)38-18(32)14-25-11-8-12-30-17(31)13-26-15-9-10-16(35-5)20(36-6)19(15)29(4)21(26)27(22(25)33,23(34)37-7)39-28(25,26)30/h9-10,21H,8,11-14H2,1-7H3/t21-,25-,26+,27+,28-/m0/s1. The smallest absolute Gasteiger partial charge is 0.348 e. The molecule has 11 nitrogen and oxygen atoms in total. The van der Waals surface area contributed by atoms with Crippen molar-refractivity contribution >= 4 is 29.3 Å². The van der Waals surface area contributed by atoms with Crippen molar-refractivity contribution in [3.8, 4) is 11.5 Å². The van der Waals surface area contributed by atoms with E-state index in [0.717, 1.165) is 0 Å². The minimum atomic E-state index is -2.08. The lowest BCUT2D eigenvalue weighted by Gasteiger charge is -2.56. The second kappa shape index (κ2) is 7.65. The molecular formula is C28H34N2O9. The number of methoxy groups -OCH3 is 3. The van der Waals surface area contributed by atoms with E-state index in [9.17, 15) is 19.2 Å². The van der Waals surface area contributed by atoms with E-state index in [1.54, 1.807) is 43.7 Å². The average molecular weight is 543 g/mol. The summed E-state index contributed by atoms with van der Waals surface area (Å²) < 4.78 is 29.1. The van der Waals surface area contributed by atoms with Gasteiger partial charge in [-0.2, -0.15) is 0 Å². The molecule has 1 amide bonds. The second-order valence-corrected chi connectivity index (χ2v) is 12.2. The summed E-state index contributed by atoms with van der Waals surface area (Å²) in [5, 5.41) is 0. The summed E-state index contributed by atoms with van der Waals surface area (Å²) in [4.78, 5) is 59.3. The summed E-state index contributed by atoms with van der Waals surface area (Å²) in [6.45, 7) is 5.59. The van der Waals surface area contributed by atoms with E-state index in [-0.39, 0.29) is 25.2 Å². The van der Waals surface area contributed by atoms with Crippen molar-refractivity contribution in [1.82, 2.24) is 4.90 Å². The van der Waals surface area contributed by atoms with Crippen LogP contribution in [0.25, 0.3) is 0 Å². The molecule has 0 unspecified atom stereocenters. The molecule has 4 saturated heterocycles. The van der Waals surface area contributed by atoms with Gasteiger partial charge in [0.1, 0.15) is 5.60 Å². The summed E-state index contributed by atoms with van der Waals surface area (Å²) in [5.74, 6) is -1.29. The van der Waals surface area contributed by atoms with E-state index in [4.69, 9.17) is 23.7 Å². The van der Waals surface area contributed by atoms with E-state index in [1.165, 1.54) is 21.3 Å². The van der Waals surface area contributed by atoms with Crippen LogP contribution in [0.2, 0.25) is 0 Å². The maximum atomic E-state index is 14.8. The van der Waals surface area contributed by atoms with Crippen molar-refractivity contribution in [2.45, 2.75) is 74.8 Å². The molecule has 5 aliphatic rings. The molecule has 0 N–H and O–H groups in total. The van der Waals surface area contributed by atoms with Crippen molar-refractivity contribution in [3.63, 3.8) is 0 Å². The summed E-state index contributed by atoms with van der Waals surface area (Å²) in [6.07, 6.45) is 0.394. The number of nitrogens with zero attached hydrogens (tertiary/aromatic N) is 2. The van der Waals surface area contributed by atoms with Crippen LogP contribution in [0.1, 0.15) is 52.0 Å². The zero-order valence-electron chi connectivity index (χ0n) is 23.3. The molecule has 4 fully saturated rings.